The van der Waals surface area contributed by atoms with E-state index in [1.165, 1.54) is 38.5 Å². The van der Waals surface area contributed by atoms with E-state index in [1.807, 2.05) is 0 Å². The number of hydrogen-bond donors (Lipinski definition) is 1. The molecule has 2 aliphatic rings. The van der Waals surface area contributed by atoms with Crippen LogP contribution in [0, 0.1) is 0 Å². The fourth-order valence-electron chi connectivity index (χ4n) is 3.21. The maximum absolute atomic E-state index is 5.99. The average molecular weight is 226 g/mol. The number of likely N-dealkylation sites (N-methyl/N-ethyl adjacent to an activating group) is 1. The Morgan fingerprint density at radius 1 is 1.25 bits per heavy atom. The van der Waals surface area contributed by atoms with E-state index in [2.05, 4.69) is 11.9 Å². The van der Waals surface area contributed by atoms with E-state index < -0.39 is 0 Å². The molecule has 1 unspecified atom stereocenters. The molecule has 0 amide bonds. The first-order chi connectivity index (χ1) is 7.78. The van der Waals surface area contributed by atoms with Crippen LogP contribution in [0.1, 0.15) is 44.9 Å². The molecule has 0 aromatic heterocycles. The van der Waals surface area contributed by atoms with Crippen LogP contribution in [0.15, 0.2) is 0 Å². The van der Waals surface area contributed by atoms with Crippen molar-refractivity contribution in [2.75, 3.05) is 26.8 Å². The fraction of sp³-hybridized carbons (Fsp3) is 1.00. The highest BCUT2D eigenvalue weighted by molar-refractivity contribution is 4.96. The number of hydrogen-bond acceptors (Lipinski definition) is 3. The van der Waals surface area contributed by atoms with Crippen molar-refractivity contribution in [1.82, 2.24) is 4.90 Å². The summed E-state index contributed by atoms with van der Waals surface area (Å²) in [6, 6.07) is 0.729. The zero-order chi connectivity index (χ0) is 11.4. The lowest BCUT2D eigenvalue weighted by molar-refractivity contribution is 0.0531. The van der Waals surface area contributed by atoms with Gasteiger partial charge in [0.15, 0.2) is 0 Å². The van der Waals surface area contributed by atoms with Gasteiger partial charge in [0.2, 0.25) is 0 Å². The predicted molar refractivity (Wildman–Crippen MR) is 66.5 cm³/mol. The lowest BCUT2D eigenvalue weighted by atomic mass is 9.93. The van der Waals surface area contributed by atoms with Crippen molar-refractivity contribution in [3.8, 4) is 0 Å². The van der Waals surface area contributed by atoms with E-state index in [0.717, 1.165) is 32.2 Å². The molecule has 2 fully saturated rings. The second-order valence-electron chi connectivity index (χ2n) is 5.49. The van der Waals surface area contributed by atoms with Gasteiger partial charge in [0.25, 0.3) is 0 Å². The van der Waals surface area contributed by atoms with Gasteiger partial charge in [-0.2, -0.15) is 0 Å². The van der Waals surface area contributed by atoms with Gasteiger partial charge in [-0.15, -0.1) is 0 Å². The Bertz CT molecular complexity index is 206. The molecule has 1 aliphatic heterocycles. The van der Waals surface area contributed by atoms with Crippen LogP contribution >= 0.6 is 0 Å². The first-order valence-electron chi connectivity index (χ1n) is 6.79. The SMILES string of the molecule is CN(C1CCCCCC1)C1(CN)CCOC1. The van der Waals surface area contributed by atoms with Crippen LogP contribution in [0.4, 0.5) is 0 Å². The van der Waals surface area contributed by atoms with Crippen molar-refractivity contribution < 1.29 is 4.74 Å². The van der Waals surface area contributed by atoms with Gasteiger partial charge in [0, 0.05) is 19.2 Å². The molecule has 1 aliphatic carbocycles. The largest absolute Gasteiger partial charge is 0.379 e. The Hall–Kier alpha value is -0.120. The molecule has 2 N–H and O–H groups in total. The summed E-state index contributed by atoms with van der Waals surface area (Å²) in [6.45, 7) is 2.45. The van der Waals surface area contributed by atoms with Crippen molar-refractivity contribution in [2.45, 2.75) is 56.5 Å². The minimum absolute atomic E-state index is 0.134. The van der Waals surface area contributed by atoms with Crippen LogP contribution in [0.25, 0.3) is 0 Å². The zero-order valence-corrected chi connectivity index (χ0v) is 10.6. The summed E-state index contributed by atoms with van der Waals surface area (Å²) >= 11 is 0. The number of rotatable bonds is 3. The standard InChI is InChI=1S/C13H26N2O/c1-15(12-6-4-2-3-5-7-12)13(10-14)8-9-16-11-13/h12H,2-11,14H2,1H3. The van der Waals surface area contributed by atoms with E-state index in [9.17, 15) is 0 Å². The average Bonchev–Trinajstić information content (AvgIpc) is 2.64. The summed E-state index contributed by atoms with van der Waals surface area (Å²) in [5, 5.41) is 0. The Morgan fingerprint density at radius 3 is 2.44 bits per heavy atom. The number of nitrogens with two attached hydrogens (primary N) is 1. The van der Waals surface area contributed by atoms with Crippen molar-refractivity contribution in [3.63, 3.8) is 0 Å². The number of nitrogens with zero attached hydrogens (tertiary/aromatic N) is 1. The van der Waals surface area contributed by atoms with Crippen molar-refractivity contribution in [2.24, 2.45) is 5.73 Å². The van der Waals surface area contributed by atoms with E-state index in [0.29, 0.717) is 0 Å². The summed E-state index contributed by atoms with van der Waals surface area (Å²) in [7, 11) is 2.26. The molecule has 1 saturated carbocycles. The van der Waals surface area contributed by atoms with E-state index >= 15 is 0 Å². The van der Waals surface area contributed by atoms with Gasteiger partial charge in [-0.05, 0) is 26.3 Å². The summed E-state index contributed by atoms with van der Waals surface area (Å²) in [5.74, 6) is 0. The first kappa shape index (κ1) is 12.3. The van der Waals surface area contributed by atoms with Gasteiger partial charge in [-0.25, -0.2) is 0 Å². The molecule has 3 nitrogen and oxygen atoms in total. The third-order valence-corrected chi connectivity index (χ3v) is 4.58. The van der Waals surface area contributed by atoms with Gasteiger partial charge in [0.1, 0.15) is 0 Å². The van der Waals surface area contributed by atoms with Crippen LogP contribution < -0.4 is 5.73 Å². The van der Waals surface area contributed by atoms with Gasteiger partial charge in [0.05, 0.1) is 12.1 Å². The molecular weight excluding hydrogens is 200 g/mol. The van der Waals surface area contributed by atoms with Crippen LogP contribution in [0.3, 0.4) is 0 Å². The summed E-state index contributed by atoms with van der Waals surface area (Å²) in [4.78, 5) is 2.55. The Kier molecular flexibility index (Phi) is 4.22. The van der Waals surface area contributed by atoms with Crippen molar-refractivity contribution in [1.29, 1.82) is 0 Å². The smallest absolute Gasteiger partial charge is 0.0663 e. The minimum atomic E-state index is 0.134. The Morgan fingerprint density at radius 2 is 1.94 bits per heavy atom. The van der Waals surface area contributed by atoms with Gasteiger partial charge in [-0.1, -0.05) is 25.7 Å². The zero-order valence-electron chi connectivity index (χ0n) is 10.6. The molecule has 0 spiro atoms. The third-order valence-electron chi connectivity index (χ3n) is 4.58. The molecular formula is C13H26N2O. The molecule has 3 heteroatoms. The molecule has 0 aromatic rings. The molecule has 16 heavy (non-hydrogen) atoms. The molecule has 0 bridgehead atoms. The summed E-state index contributed by atoms with van der Waals surface area (Å²) in [5.41, 5.74) is 6.13. The molecule has 94 valence electrons. The quantitative estimate of drug-likeness (QED) is 0.745. The highest BCUT2D eigenvalue weighted by Crippen LogP contribution is 2.30. The number of ether oxygens (including phenoxy) is 1. The first-order valence-corrected chi connectivity index (χ1v) is 6.79. The second-order valence-corrected chi connectivity index (χ2v) is 5.49. The predicted octanol–water partition coefficient (Wildman–Crippen LogP) is 1.76. The van der Waals surface area contributed by atoms with E-state index in [-0.39, 0.29) is 5.54 Å². The van der Waals surface area contributed by atoms with E-state index in [1.54, 1.807) is 0 Å². The second kappa shape index (κ2) is 5.48. The van der Waals surface area contributed by atoms with E-state index in [4.69, 9.17) is 10.5 Å². The van der Waals surface area contributed by atoms with Crippen LogP contribution in [-0.2, 0) is 4.74 Å². The van der Waals surface area contributed by atoms with Gasteiger partial charge in [-0.3, -0.25) is 4.90 Å². The highest BCUT2D eigenvalue weighted by Gasteiger charge is 2.40. The van der Waals surface area contributed by atoms with Crippen molar-refractivity contribution >= 4 is 0 Å². The van der Waals surface area contributed by atoms with Gasteiger partial charge < -0.3 is 10.5 Å². The lowest BCUT2D eigenvalue weighted by Gasteiger charge is -2.41. The maximum atomic E-state index is 5.99. The Balaban J connectivity index is 2.00. The fourth-order valence-corrected chi connectivity index (χ4v) is 3.21. The topological polar surface area (TPSA) is 38.5 Å². The molecule has 0 aromatic carbocycles. The summed E-state index contributed by atoms with van der Waals surface area (Å²) in [6.07, 6.45) is 9.40. The lowest BCUT2D eigenvalue weighted by Crippen LogP contribution is -2.56. The Labute approximate surface area is 99.3 Å². The molecule has 0 radical (unpaired) electrons. The monoisotopic (exact) mass is 226 g/mol. The van der Waals surface area contributed by atoms with Crippen LogP contribution in [0.5, 0.6) is 0 Å². The maximum Gasteiger partial charge on any atom is 0.0663 e. The van der Waals surface area contributed by atoms with Crippen LogP contribution in [-0.4, -0.2) is 43.3 Å². The highest BCUT2D eigenvalue weighted by atomic mass is 16.5. The third kappa shape index (κ3) is 2.41. The molecule has 1 saturated heterocycles. The normalized spacial score (nSPS) is 33.2. The molecule has 2 rings (SSSR count). The summed E-state index contributed by atoms with van der Waals surface area (Å²) < 4.78 is 5.57. The van der Waals surface area contributed by atoms with Crippen LogP contribution in [0.2, 0.25) is 0 Å². The molecule has 1 atom stereocenters. The van der Waals surface area contributed by atoms with Gasteiger partial charge >= 0.3 is 0 Å². The van der Waals surface area contributed by atoms with Crippen molar-refractivity contribution in [3.05, 3.63) is 0 Å². The molecule has 1 heterocycles. The minimum Gasteiger partial charge on any atom is -0.379 e.